The lowest BCUT2D eigenvalue weighted by molar-refractivity contribution is -0.149. The molecule has 11 nitrogen and oxygen atoms in total. The van der Waals surface area contributed by atoms with Gasteiger partial charge in [-0.25, -0.2) is 24.7 Å². The molecule has 0 unspecified atom stereocenters. The van der Waals surface area contributed by atoms with E-state index >= 15 is 0 Å². The third-order valence-electron chi connectivity index (χ3n) is 6.83. The summed E-state index contributed by atoms with van der Waals surface area (Å²) < 4.78 is 0.820. The number of aromatic nitrogens is 4. The quantitative estimate of drug-likeness (QED) is 0.319. The van der Waals surface area contributed by atoms with Crippen LogP contribution in [0.2, 0.25) is 0 Å². The lowest BCUT2D eigenvalue weighted by atomic mass is 9.80. The summed E-state index contributed by atoms with van der Waals surface area (Å²) >= 11 is 1.33. The number of piperidine rings is 1. The van der Waals surface area contributed by atoms with Gasteiger partial charge in [0.25, 0.3) is 0 Å². The molecule has 3 N–H and O–H groups in total. The summed E-state index contributed by atoms with van der Waals surface area (Å²) in [5.74, 6) is -0.219. The Morgan fingerprint density at radius 3 is 2.56 bits per heavy atom. The molecule has 0 spiro atoms. The van der Waals surface area contributed by atoms with Gasteiger partial charge in [0.05, 0.1) is 21.3 Å². The molecule has 1 saturated heterocycles. The summed E-state index contributed by atoms with van der Waals surface area (Å²) in [7, 11) is 0. The highest BCUT2D eigenvalue weighted by Gasteiger charge is 2.37. The Labute approximate surface area is 228 Å². The van der Waals surface area contributed by atoms with Crippen LogP contribution in [0, 0.1) is 16.7 Å². The van der Waals surface area contributed by atoms with Crippen molar-refractivity contribution in [2.45, 2.75) is 26.7 Å². The fraction of sp³-hybridized carbons (Fsp3) is 0.296. The maximum Gasteiger partial charge on any atom is 0.321 e. The number of fused-ring (bicyclic) bond motifs is 1. The van der Waals surface area contributed by atoms with Crippen molar-refractivity contribution in [1.29, 1.82) is 5.26 Å². The topological polar surface area (TPSA) is 157 Å². The zero-order valence-corrected chi connectivity index (χ0v) is 22.2. The van der Waals surface area contributed by atoms with Crippen molar-refractivity contribution in [3.05, 3.63) is 48.4 Å². The SMILES string of the molecule is CCNC(=O)Nc1nc2cc(-c3cnc(N4CCC(C)(C(=O)O)CC4)nc3)cc(-c3cccc(C#N)n3)c2s1. The molecular formula is C27H26N8O3S. The van der Waals surface area contributed by atoms with E-state index in [0.29, 0.717) is 60.5 Å². The van der Waals surface area contributed by atoms with Crippen LogP contribution in [0.1, 0.15) is 32.4 Å². The number of benzene rings is 1. The number of carbonyl (C=O) groups excluding carboxylic acids is 1. The van der Waals surface area contributed by atoms with Gasteiger partial charge in [-0.05, 0) is 56.5 Å². The molecule has 1 aliphatic rings. The Kier molecular flexibility index (Phi) is 7.08. The van der Waals surface area contributed by atoms with Crippen LogP contribution in [0.4, 0.5) is 15.9 Å². The molecule has 4 aromatic rings. The van der Waals surface area contributed by atoms with Crippen LogP contribution in [0.5, 0.6) is 0 Å². The normalized spacial score (nSPS) is 14.5. The van der Waals surface area contributed by atoms with E-state index in [1.165, 1.54) is 11.3 Å². The lowest BCUT2D eigenvalue weighted by Gasteiger charge is -2.36. The smallest absolute Gasteiger partial charge is 0.321 e. The van der Waals surface area contributed by atoms with Gasteiger partial charge < -0.3 is 15.3 Å². The number of hydrogen-bond acceptors (Lipinski definition) is 9. The second kappa shape index (κ2) is 10.6. The van der Waals surface area contributed by atoms with Crippen molar-refractivity contribution in [2.75, 3.05) is 29.9 Å². The van der Waals surface area contributed by atoms with Crippen LogP contribution in [-0.2, 0) is 4.79 Å². The third kappa shape index (κ3) is 5.35. The minimum Gasteiger partial charge on any atom is -0.481 e. The first kappa shape index (κ1) is 26.0. The number of carbonyl (C=O) groups is 2. The first-order valence-electron chi connectivity index (χ1n) is 12.5. The summed E-state index contributed by atoms with van der Waals surface area (Å²) in [4.78, 5) is 43.9. The highest BCUT2D eigenvalue weighted by Crippen LogP contribution is 2.38. The molecule has 0 aliphatic carbocycles. The molecule has 1 fully saturated rings. The number of carboxylic acid groups (broad SMARTS) is 1. The van der Waals surface area contributed by atoms with E-state index in [1.807, 2.05) is 30.0 Å². The highest BCUT2D eigenvalue weighted by atomic mass is 32.1. The van der Waals surface area contributed by atoms with Crippen molar-refractivity contribution in [1.82, 2.24) is 25.3 Å². The number of nitrogens with zero attached hydrogens (tertiary/aromatic N) is 6. The molecule has 39 heavy (non-hydrogen) atoms. The van der Waals surface area contributed by atoms with Gasteiger partial charge >= 0.3 is 12.0 Å². The Hall–Kier alpha value is -4.63. The number of nitrogens with one attached hydrogen (secondary N) is 2. The number of anilines is 2. The first-order valence-corrected chi connectivity index (χ1v) is 13.3. The number of nitriles is 1. The Morgan fingerprint density at radius 2 is 1.90 bits per heavy atom. The van der Waals surface area contributed by atoms with Crippen molar-refractivity contribution < 1.29 is 14.7 Å². The molecule has 3 aromatic heterocycles. The van der Waals surface area contributed by atoms with Crippen molar-refractivity contribution in [3.63, 3.8) is 0 Å². The third-order valence-corrected chi connectivity index (χ3v) is 7.85. The Bertz CT molecular complexity index is 1590. The summed E-state index contributed by atoms with van der Waals surface area (Å²) in [6.07, 6.45) is 4.52. The minimum absolute atomic E-state index is 0.296. The van der Waals surface area contributed by atoms with E-state index in [-0.39, 0.29) is 6.03 Å². The fourth-order valence-corrected chi connectivity index (χ4v) is 5.40. The second-order valence-electron chi connectivity index (χ2n) is 9.52. The average molecular weight is 543 g/mol. The first-order chi connectivity index (χ1) is 18.8. The van der Waals surface area contributed by atoms with E-state index in [9.17, 15) is 20.0 Å². The number of rotatable bonds is 6. The second-order valence-corrected chi connectivity index (χ2v) is 10.5. The molecule has 0 bridgehead atoms. The van der Waals surface area contributed by atoms with Gasteiger partial charge in [-0.3, -0.25) is 10.1 Å². The van der Waals surface area contributed by atoms with E-state index in [1.54, 1.807) is 31.5 Å². The highest BCUT2D eigenvalue weighted by molar-refractivity contribution is 7.22. The van der Waals surface area contributed by atoms with Gasteiger partial charge in [0.15, 0.2) is 5.13 Å². The molecule has 2 amide bonds. The molecule has 1 aromatic carbocycles. The number of urea groups is 1. The minimum atomic E-state index is -0.772. The number of hydrogen-bond donors (Lipinski definition) is 3. The van der Waals surface area contributed by atoms with E-state index in [4.69, 9.17) is 0 Å². The summed E-state index contributed by atoms with van der Waals surface area (Å²) in [5, 5.41) is 24.8. The van der Waals surface area contributed by atoms with Gasteiger partial charge in [-0.1, -0.05) is 17.4 Å². The van der Waals surface area contributed by atoms with Crippen molar-refractivity contribution >= 4 is 44.6 Å². The molecule has 198 valence electrons. The van der Waals surface area contributed by atoms with Crippen molar-refractivity contribution in [3.8, 4) is 28.5 Å². The predicted octanol–water partition coefficient (Wildman–Crippen LogP) is 4.52. The van der Waals surface area contributed by atoms with Crippen LogP contribution in [0.3, 0.4) is 0 Å². The fourth-order valence-electron chi connectivity index (χ4n) is 4.44. The molecule has 0 atom stereocenters. The van der Waals surface area contributed by atoms with Gasteiger partial charge in [0.2, 0.25) is 5.95 Å². The van der Waals surface area contributed by atoms with Gasteiger partial charge in [0, 0.05) is 43.2 Å². The molecule has 4 heterocycles. The molecule has 12 heteroatoms. The van der Waals surface area contributed by atoms with Crippen molar-refractivity contribution in [2.24, 2.45) is 5.41 Å². The molecule has 0 saturated carbocycles. The Morgan fingerprint density at radius 1 is 1.15 bits per heavy atom. The number of aliphatic carboxylic acids is 1. The van der Waals surface area contributed by atoms with E-state index < -0.39 is 11.4 Å². The monoisotopic (exact) mass is 542 g/mol. The Balaban J connectivity index is 1.49. The summed E-state index contributed by atoms with van der Waals surface area (Å²) in [5.41, 5.74) is 3.19. The van der Waals surface area contributed by atoms with Crippen LogP contribution in [0.15, 0.2) is 42.7 Å². The van der Waals surface area contributed by atoms with Crippen LogP contribution in [-0.4, -0.2) is 56.7 Å². The average Bonchev–Trinajstić information content (AvgIpc) is 3.35. The van der Waals surface area contributed by atoms with Gasteiger partial charge in [-0.2, -0.15) is 5.26 Å². The summed E-state index contributed by atoms with van der Waals surface area (Å²) in [6, 6.07) is 10.9. The van der Waals surface area contributed by atoms with Crippen LogP contribution in [0.25, 0.3) is 32.6 Å². The molecule has 5 rings (SSSR count). The van der Waals surface area contributed by atoms with E-state index in [0.717, 1.165) is 21.4 Å². The molecule has 1 aliphatic heterocycles. The van der Waals surface area contributed by atoms with Gasteiger partial charge in [0.1, 0.15) is 11.8 Å². The number of amides is 2. The molecular weight excluding hydrogens is 516 g/mol. The zero-order valence-electron chi connectivity index (χ0n) is 21.4. The van der Waals surface area contributed by atoms with Crippen LogP contribution >= 0.6 is 11.3 Å². The standard InChI is InChI=1S/C27H26N8O3S/c1-3-29-25(38)34-26-33-21-12-16(11-19(22(21)39-26)20-6-4-5-18(13-28)32-20)17-14-30-24(31-15-17)35-9-7-27(2,8-10-35)23(36)37/h4-6,11-12,14-15H,3,7-10H2,1-2H3,(H,36,37)(H2,29,33,34,38). The zero-order chi connectivity index (χ0) is 27.6. The number of thiazole rings is 1. The number of carboxylic acids is 1. The van der Waals surface area contributed by atoms with Crippen LogP contribution < -0.4 is 15.5 Å². The predicted molar refractivity (Wildman–Crippen MR) is 148 cm³/mol. The molecule has 0 radical (unpaired) electrons. The largest absolute Gasteiger partial charge is 0.481 e. The van der Waals surface area contributed by atoms with Gasteiger partial charge in [-0.15, -0.1) is 0 Å². The maximum absolute atomic E-state index is 12.1. The lowest BCUT2D eigenvalue weighted by Crippen LogP contribution is -2.43. The maximum atomic E-state index is 12.1. The summed E-state index contributed by atoms with van der Waals surface area (Å²) in [6.45, 7) is 5.24. The number of pyridine rings is 1. The van der Waals surface area contributed by atoms with E-state index in [2.05, 4.69) is 36.6 Å².